The quantitative estimate of drug-likeness (QED) is 0.585. The number of rotatable bonds is 3. The molecule has 1 fully saturated rings. The van der Waals surface area contributed by atoms with Gasteiger partial charge in [0.25, 0.3) is 0 Å². The van der Waals surface area contributed by atoms with Crippen LogP contribution in [0.4, 0.5) is 0 Å². The van der Waals surface area contributed by atoms with Crippen molar-refractivity contribution < 1.29 is 10.2 Å². The van der Waals surface area contributed by atoms with Crippen molar-refractivity contribution in [1.82, 2.24) is 0 Å². The van der Waals surface area contributed by atoms with E-state index in [1.807, 2.05) is 0 Å². The van der Waals surface area contributed by atoms with Crippen molar-refractivity contribution >= 4 is 0 Å². The summed E-state index contributed by atoms with van der Waals surface area (Å²) in [4.78, 5) is 0. The monoisotopic (exact) mass is 130 g/mol. The molecule has 0 aromatic rings. The Bertz CT molecular complexity index is 76.2. The van der Waals surface area contributed by atoms with E-state index < -0.39 is 6.10 Å². The fraction of sp³-hybridized carbons (Fsp3) is 1.00. The molecule has 1 aliphatic carbocycles. The molecule has 0 spiro atoms. The Labute approximate surface area is 55.5 Å². The summed E-state index contributed by atoms with van der Waals surface area (Å²) < 4.78 is 0. The first-order chi connectivity index (χ1) is 4.33. The minimum atomic E-state index is -0.463. The topological polar surface area (TPSA) is 40.5 Å². The fourth-order valence-corrected chi connectivity index (χ4v) is 1.19. The third-order valence-corrected chi connectivity index (χ3v) is 2.04. The van der Waals surface area contributed by atoms with E-state index in [1.54, 1.807) is 0 Å². The van der Waals surface area contributed by atoms with Crippen LogP contribution in [0.15, 0.2) is 0 Å². The van der Waals surface area contributed by atoms with Crippen LogP contribution in [0.3, 0.4) is 0 Å². The molecule has 54 valence electrons. The molecular weight excluding hydrogens is 116 g/mol. The van der Waals surface area contributed by atoms with Crippen molar-refractivity contribution in [2.45, 2.75) is 31.8 Å². The van der Waals surface area contributed by atoms with Gasteiger partial charge in [-0.05, 0) is 12.3 Å². The molecule has 0 saturated heterocycles. The summed E-state index contributed by atoms with van der Waals surface area (Å²) in [5.41, 5.74) is 0. The largest absolute Gasteiger partial charge is 0.394 e. The van der Waals surface area contributed by atoms with Gasteiger partial charge in [0.05, 0.1) is 12.7 Å². The first-order valence-electron chi connectivity index (χ1n) is 3.62. The molecule has 0 aromatic heterocycles. The van der Waals surface area contributed by atoms with Crippen molar-refractivity contribution in [1.29, 1.82) is 0 Å². The Balaban J connectivity index is 2.01. The van der Waals surface area contributed by atoms with Crippen molar-refractivity contribution in [2.75, 3.05) is 6.61 Å². The Morgan fingerprint density at radius 2 is 2.11 bits per heavy atom. The van der Waals surface area contributed by atoms with Gasteiger partial charge in [-0.15, -0.1) is 0 Å². The predicted molar refractivity (Wildman–Crippen MR) is 35.1 cm³/mol. The van der Waals surface area contributed by atoms with Crippen molar-refractivity contribution in [3.63, 3.8) is 0 Å². The van der Waals surface area contributed by atoms with E-state index in [0.717, 1.165) is 6.42 Å². The molecule has 2 N–H and O–H groups in total. The molecule has 1 atom stereocenters. The number of aliphatic hydroxyl groups excluding tert-OH is 2. The van der Waals surface area contributed by atoms with Gasteiger partial charge in [0, 0.05) is 0 Å². The molecule has 0 aliphatic heterocycles. The third kappa shape index (κ3) is 1.95. The van der Waals surface area contributed by atoms with E-state index in [4.69, 9.17) is 10.2 Å². The zero-order chi connectivity index (χ0) is 6.69. The second-order valence-corrected chi connectivity index (χ2v) is 2.87. The lowest BCUT2D eigenvalue weighted by Gasteiger charge is -2.26. The van der Waals surface area contributed by atoms with Crippen molar-refractivity contribution in [2.24, 2.45) is 5.92 Å². The van der Waals surface area contributed by atoms with Crippen LogP contribution in [0, 0.1) is 5.92 Å². The minimum absolute atomic E-state index is 0.0729. The summed E-state index contributed by atoms with van der Waals surface area (Å²) in [5.74, 6) is 0.701. The van der Waals surface area contributed by atoms with Gasteiger partial charge in [0.1, 0.15) is 0 Å². The molecule has 2 nitrogen and oxygen atoms in total. The van der Waals surface area contributed by atoms with Gasteiger partial charge in [-0.1, -0.05) is 19.3 Å². The molecule has 0 aromatic carbocycles. The highest BCUT2D eigenvalue weighted by atomic mass is 16.3. The highest BCUT2D eigenvalue weighted by molar-refractivity contribution is 4.72. The molecule has 1 unspecified atom stereocenters. The highest BCUT2D eigenvalue weighted by Crippen LogP contribution is 2.30. The number of aliphatic hydroxyl groups is 2. The van der Waals surface area contributed by atoms with Crippen LogP contribution < -0.4 is 0 Å². The lowest BCUT2D eigenvalue weighted by molar-refractivity contribution is 0.0609. The maximum absolute atomic E-state index is 8.94. The number of hydrogen-bond donors (Lipinski definition) is 2. The van der Waals surface area contributed by atoms with Gasteiger partial charge < -0.3 is 10.2 Å². The molecular formula is C7H14O2. The zero-order valence-corrected chi connectivity index (χ0v) is 5.58. The average Bonchev–Trinajstić information content (AvgIpc) is 1.78. The molecule has 0 amide bonds. The van der Waals surface area contributed by atoms with Crippen LogP contribution >= 0.6 is 0 Å². The second-order valence-electron chi connectivity index (χ2n) is 2.87. The van der Waals surface area contributed by atoms with Gasteiger partial charge in [-0.3, -0.25) is 0 Å². The highest BCUT2D eigenvalue weighted by Gasteiger charge is 2.19. The second kappa shape index (κ2) is 3.18. The van der Waals surface area contributed by atoms with Crippen LogP contribution in [0.25, 0.3) is 0 Å². The van der Waals surface area contributed by atoms with Gasteiger partial charge in [0.15, 0.2) is 0 Å². The lowest BCUT2D eigenvalue weighted by Crippen LogP contribution is -2.21. The standard InChI is InChI=1S/C7H14O2/c8-5-7(9)4-6-2-1-3-6/h6-9H,1-5H2. The van der Waals surface area contributed by atoms with Crippen LogP contribution in [-0.4, -0.2) is 22.9 Å². The van der Waals surface area contributed by atoms with E-state index >= 15 is 0 Å². The molecule has 1 saturated carbocycles. The van der Waals surface area contributed by atoms with E-state index in [1.165, 1.54) is 19.3 Å². The van der Waals surface area contributed by atoms with Gasteiger partial charge >= 0.3 is 0 Å². The van der Waals surface area contributed by atoms with Crippen molar-refractivity contribution in [3.8, 4) is 0 Å². The van der Waals surface area contributed by atoms with Gasteiger partial charge in [-0.2, -0.15) is 0 Å². The van der Waals surface area contributed by atoms with Gasteiger partial charge in [-0.25, -0.2) is 0 Å². The minimum Gasteiger partial charge on any atom is -0.394 e. The van der Waals surface area contributed by atoms with E-state index in [-0.39, 0.29) is 6.61 Å². The molecule has 1 rings (SSSR count). The Hall–Kier alpha value is -0.0800. The number of hydrogen-bond acceptors (Lipinski definition) is 2. The Morgan fingerprint density at radius 3 is 2.44 bits per heavy atom. The maximum atomic E-state index is 8.94. The lowest BCUT2D eigenvalue weighted by atomic mass is 9.81. The predicted octanol–water partition coefficient (Wildman–Crippen LogP) is 0.530. The van der Waals surface area contributed by atoms with Gasteiger partial charge in [0.2, 0.25) is 0 Å². The molecule has 2 heteroatoms. The van der Waals surface area contributed by atoms with E-state index in [2.05, 4.69) is 0 Å². The maximum Gasteiger partial charge on any atom is 0.0773 e. The summed E-state index contributed by atoms with van der Waals surface area (Å²) in [6.45, 7) is -0.0729. The first-order valence-corrected chi connectivity index (χ1v) is 3.62. The normalized spacial score (nSPS) is 23.3. The third-order valence-electron chi connectivity index (χ3n) is 2.04. The summed E-state index contributed by atoms with van der Waals surface area (Å²) in [6.07, 6.45) is 4.14. The smallest absolute Gasteiger partial charge is 0.0773 e. The van der Waals surface area contributed by atoms with Crippen LogP contribution in [0.2, 0.25) is 0 Å². The zero-order valence-electron chi connectivity index (χ0n) is 5.58. The fourth-order valence-electron chi connectivity index (χ4n) is 1.19. The Kier molecular flexibility index (Phi) is 2.49. The SMILES string of the molecule is OCC(O)CC1CCC1. The summed E-state index contributed by atoms with van der Waals surface area (Å²) in [6, 6.07) is 0. The summed E-state index contributed by atoms with van der Waals surface area (Å²) in [7, 11) is 0. The summed E-state index contributed by atoms with van der Waals surface area (Å²) in [5, 5.41) is 17.4. The molecule has 0 heterocycles. The van der Waals surface area contributed by atoms with E-state index in [0.29, 0.717) is 5.92 Å². The Morgan fingerprint density at radius 1 is 1.44 bits per heavy atom. The average molecular weight is 130 g/mol. The molecule has 0 bridgehead atoms. The summed E-state index contributed by atoms with van der Waals surface area (Å²) >= 11 is 0. The molecule has 9 heavy (non-hydrogen) atoms. The van der Waals surface area contributed by atoms with Crippen LogP contribution in [0.1, 0.15) is 25.7 Å². The van der Waals surface area contributed by atoms with Crippen LogP contribution in [-0.2, 0) is 0 Å². The van der Waals surface area contributed by atoms with Crippen LogP contribution in [0.5, 0.6) is 0 Å². The first kappa shape index (κ1) is 7.03. The molecule has 0 radical (unpaired) electrons. The van der Waals surface area contributed by atoms with Crippen molar-refractivity contribution in [3.05, 3.63) is 0 Å². The van der Waals surface area contributed by atoms with E-state index in [9.17, 15) is 0 Å². The molecule has 1 aliphatic rings.